The number of β-amino-alcohol motifs (C(OH)–C–C–N with tert-alkyl or cyclic N) is 1. The number of carbonyl (C=O) groups excluding carboxylic acids is 1. The van der Waals surface area contributed by atoms with Gasteiger partial charge in [0.25, 0.3) is 5.89 Å². The van der Waals surface area contributed by atoms with Crippen molar-refractivity contribution >= 4 is 21.6 Å². The van der Waals surface area contributed by atoms with Crippen LogP contribution < -0.4 is 4.90 Å². The van der Waals surface area contributed by atoms with Crippen LogP contribution in [-0.2, 0) is 20.4 Å². The standard InChI is InChI=1S/C17H20N4O5S/c1-12-18-16(26-19-12)17(23)8-10-20(11-17)27(24,25)14-6-4-13(5-7-14)21-9-2-3-15(21)22/h4-7,23H,2-3,8-11H2,1H3/t17-/m0/s1. The maximum absolute atomic E-state index is 12.9. The van der Waals surface area contributed by atoms with Gasteiger partial charge in [-0.3, -0.25) is 4.79 Å². The van der Waals surface area contributed by atoms with E-state index in [0.29, 0.717) is 24.5 Å². The Morgan fingerprint density at radius 1 is 1.22 bits per heavy atom. The molecule has 1 N–H and O–H groups in total. The molecule has 0 spiro atoms. The number of aromatic nitrogens is 2. The van der Waals surface area contributed by atoms with Gasteiger partial charge in [0, 0.05) is 31.6 Å². The van der Waals surface area contributed by atoms with Gasteiger partial charge in [-0.05, 0) is 37.6 Å². The summed E-state index contributed by atoms with van der Waals surface area (Å²) in [5.41, 5.74) is -0.799. The SMILES string of the molecule is Cc1noc([C@]2(O)CCN(S(=O)(=O)c3ccc(N4CCCC4=O)cc3)C2)n1. The predicted octanol–water partition coefficient (Wildman–Crippen LogP) is 0.787. The Labute approximate surface area is 156 Å². The molecule has 3 heterocycles. The van der Waals surface area contributed by atoms with Gasteiger partial charge in [0.15, 0.2) is 11.4 Å². The average Bonchev–Trinajstić information content (AvgIpc) is 3.36. The molecular weight excluding hydrogens is 372 g/mol. The highest BCUT2D eigenvalue weighted by molar-refractivity contribution is 7.89. The van der Waals surface area contributed by atoms with E-state index >= 15 is 0 Å². The van der Waals surface area contributed by atoms with E-state index in [9.17, 15) is 18.3 Å². The molecule has 1 atom stereocenters. The minimum Gasteiger partial charge on any atom is -0.379 e. The fourth-order valence-electron chi connectivity index (χ4n) is 3.49. The molecule has 0 saturated carbocycles. The number of nitrogens with zero attached hydrogens (tertiary/aromatic N) is 4. The van der Waals surface area contributed by atoms with Crippen LogP contribution in [0.4, 0.5) is 5.69 Å². The largest absolute Gasteiger partial charge is 0.379 e. The van der Waals surface area contributed by atoms with Gasteiger partial charge in [0.2, 0.25) is 15.9 Å². The third kappa shape index (κ3) is 3.13. The zero-order valence-corrected chi connectivity index (χ0v) is 15.6. The Balaban J connectivity index is 1.54. The number of benzene rings is 1. The Kier molecular flexibility index (Phi) is 4.28. The molecule has 0 aliphatic carbocycles. The second kappa shape index (κ2) is 6.39. The van der Waals surface area contributed by atoms with Crippen LogP contribution in [0.15, 0.2) is 33.7 Å². The van der Waals surface area contributed by atoms with Gasteiger partial charge in [-0.25, -0.2) is 8.42 Å². The van der Waals surface area contributed by atoms with E-state index in [1.54, 1.807) is 24.0 Å². The van der Waals surface area contributed by atoms with Gasteiger partial charge >= 0.3 is 0 Å². The molecule has 2 aliphatic heterocycles. The summed E-state index contributed by atoms with van der Waals surface area (Å²) < 4.78 is 32.1. The van der Waals surface area contributed by atoms with Crippen LogP contribution in [0, 0.1) is 6.92 Å². The summed E-state index contributed by atoms with van der Waals surface area (Å²) in [6.45, 7) is 2.27. The van der Waals surface area contributed by atoms with Crippen molar-refractivity contribution < 1.29 is 22.8 Å². The highest BCUT2D eigenvalue weighted by Crippen LogP contribution is 2.34. The van der Waals surface area contributed by atoms with Crippen molar-refractivity contribution in [2.45, 2.75) is 36.7 Å². The number of amides is 1. The molecule has 0 bridgehead atoms. The smallest absolute Gasteiger partial charge is 0.260 e. The molecular formula is C17H20N4O5S. The number of aliphatic hydroxyl groups is 1. The Morgan fingerprint density at radius 2 is 1.96 bits per heavy atom. The number of carbonyl (C=O) groups is 1. The Hall–Kier alpha value is -2.30. The van der Waals surface area contributed by atoms with Crippen molar-refractivity contribution in [2.24, 2.45) is 0 Å². The summed E-state index contributed by atoms with van der Waals surface area (Å²) in [7, 11) is -3.78. The van der Waals surface area contributed by atoms with E-state index < -0.39 is 15.6 Å². The van der Waals surface area contributed by atoms with E-state index in [2.05, 4.69) is 10.1 Å². The molecule has 27 heavy (non-hydrogen) atoms. The molecule has 2 fully saturated rings. The summed E-state index contributed by atoms with van der Waals surface area (Å²) in [4.78, 5) is 17.6. The van der Waals surface area contributed by atoms with Crippen LogP contribution >= 0.6 is 0 Å². The summed E-state index contributed by atoms with van der Waals surface area (Å²) in [6, 6.07) is 6.26. The van der Waals surface area contributed by atoms with Crippen LogP contribution in [0.5, 0.6) is 0 Å². The normalized spacial score (nSPS) is 24.1. The number of hydrogen-bond acceptors (Lipinski definition) is 7. The van der Waals surface area contributed by atoms with Crippen molar-refractivity contribution in [3.8, 4) is 0 Å². The van der Waals surface area contributed by atoms with Crippen LogP contribution in [0.25, 0.3) is 0 Å². The number of rotatable bonds is 4. The Morgan fingerprint density at radius 3 is 2.56 bits per heavy atom. The molecule has 4 rings (SSSR count). The minimum atomic E-state index is -3.78. The maximum Gasteiger partial charge on any atom is 0.260 e. The third-order valence-electron chi connectivity index (χ3n) is 5.00. The summed E-state index contributed by atoms with van der Waals surface area (Å²) in [6.07, 6.45) is 1.50. The summed E-state index contributed by atoms with van der Waals surface area (Å²) in [5, 5.41) is 14.4. The van der Waals surface area contributed by atoms with E-state index in [1.807, 2.05) is 0 Å². The number of aryl methyl sites for hydroxylation is 1. The Bertz CT molecular complexity index is 971. The van der Waals surface area contributed by atoms with Crippen LogP contribution in [0.2, 0.25) is 0 Å². The molecule has 1 amide bonds. The molecule has 1 aromatic carbocycles. The zero-order chi connectivity index (χ0) is 19.2. The zero-order valence-electron chi connectivity index (χ0n) is 14.8. The van der Waals surface area contributed by atoms with Crippen LogP contribution in [0.1, 0.15) is 31.0 Å². The third-order valence-corrected chi connectivity index (χ3v) is 6.86. The van der Waals surface area contributed by atoms with Gasteiger partial charge < -0.3 is 14.5 Å². The molecule has 0 unspecified atom stereocenters. The first kappa shape index (κ1) is 18.1. The van der Waals surface area contributed by atoms with Crippen molar-refractivity contribution in [1.82, 2.24) is 14.4 Å². The monoisotopic (exact) mass is 392 g/mol. The predicted molar refractivity (Wildman–Crippen MR) is 94.3 cm³/mol. The van der Waals surface area contributed by atoms with Gasteiger partial charge in [-0.2, -0.15) is 9.29 Å². The summed E-state index contributed by atoms with van der Waals surface area (Å²) >= 11 is 0. The molecule has 0 radical (unpaired) electrons. The first-order chi connectivity index (χ1) is 12.8. The van der Waals surface area contributed by atoms with E-state index in [1.165, 1.54) is 16.4 Å². The molecule has 2 aromatic rings. The van der Waals surface area contributed by atoms with Gasteiger partial charge in [0.1, 0.15) is 0 Å². The fourth-order valence-corrected chi connectivity index (χ4v) is 4.99. The quantitative estimate of drug-likeness (QED) is 0.817. The van der Waals surface area contributed by atoms with Crippen LogP contribution in [0.3, 0.4) is 0 Å². The minimum absolute atomic E-state index is 0.0283. The lowest BCUT2D eigenvalue weighted by molar-refractivity contribution is -0.117. The van der Waals surface area contributed by atoms with Crippen molar-refractivity contribution in [3.63, 3.8) is 0 Å². The molecule has 1 aromatic heterocycles. The lowest BCUT2D eigenvalue weighted by atomic mass is 10.0. The summed E-state index contributed by atoms with van der Waals surface area (Å²) in [5.74, 6) is 0.456. The highest BCUT2D eigenvalue weighted by atomic mass is 32.2. The fraction of sp³-hybridized carbons (Fsp3) is 0.471. The van der Waals surface area contributed by atoms with Gasteiger partial charge in [-0.1, -0.05) is 5.16 Å². The number of anilines is 1. The molecule has 9 nitrogen and oxygen atoms in total. The van der Waals surface area contributed by atoms with E-state index in [-0.39, 0.29) is 36.2 Å². The average molecular weight is 392 g/mol. The first-order valence-corrected chi connectivity index (χ1v) is 10.2. The van der Waals surface area contributed by atoms with Crippen LogP contribution in [-0.4, -0.2) is 53.5 Å². The molecule has 10 heteroatoms. The van der Waals surface area contributed by atoms with Crippen molar-refractivity contribution in [3.05, 3.63) is 36.0 Å². The molecule has 2 aliphatic rings. The van der Waals surface area contributed by atoms with E-state index in [4.69, 9.17) is 4.52 Å². The molecule has 144 valence electrons. The lowest BCUT2D eigenvalue weighted by Crippen LogP contribution is -2.34. The maximum atomic E-state index is 12.9. The first-order valence-electron chi connectivity index (χ1n) is 8.73. The lowest BCUT2D eigenvalue weighted by Gasteiger charge is -2.20. The van der Waals surface area contributed by atoms with Crippen molar-refractivity contribution in [1.29, 1.82) is 0 Å². The van der Waals surface area contributed by atoms with E-state index in [0.717, 1.165) is 6.42 Å². The highest BCUT2D eigenvalue weighted by Gasteiger charge is 2.46. The number of sulfonamides is 1. The van der Waals surface area contributed by atoms with Gasteiger partial charge in [-0.15, -0.1) is 0 Å². The second-order valence-corrected chi connectivity index (χ2v) is 8.85. The topological polar surface area (TPSA) is 117 Å². The van der Waals surface area contributed by atoms with Crippen molar-refractivity contribution in [2.75, 3.05) is 24.5 Å². The number of hydrogen-bond donors (Lipinski definition) is 1. The van der Waals surface area contributed by atoms with Gasteiger partial charge in [0.05, 0.1) is 11.4 Å². The second-order valence-electron chi connectivity index (χ2n) is 6.91. The molecule has 2 saturated heterocycles.